The smallest absolute Gasteiger partial charge is 0.231 e. The van der Waals surface area contributed by atoms with Crippen molar-refractivity contribution in [1.82, 2.24) is 9.88 Å². The first kappa shape index (κ1) is 23.0. The van der Waals surface area contributed by atoms with Crippen molar-refractivity contribution < 1.29 is 23.7 Å². The zero-order valence-electron chi connectivity index (χ0n) is 18.5. The number of hydrogen-bond donors (Lipinski definition) is 1. The number of carbonyl (C=O) groups is 1. The number of fused-ring (bicyclic) bond motifs is 1. The molecule has 10 heteroatoms. The van der Waals surface area contributed by atoms with Gasteiger partial charge in [0.05, 0.1) is 24.9 Å². The van der Waals surface area contributed by atoms with Crippen molar-refractivity contribution in [3.05, 3.63) is 45.5 Å². The summed E-state index contributed by atoms with van der Waals surface area (Å²) in [6.45, 7) is 2.95. The number of carbonyl (C=O) groups excluding carboxylic acids is 1. The van der Waals surface area contributed by atoms with Crippen molar-refractivity contribution >= 4 is 34.5 Å². The highest BCUT2D eigenvalue weighted by Crippen LogP contribution is 2.38. The minimum atomic E-state index is -0.0516. The fourth-order valence-corrected chi connectivity index (χ4v) is 4.64. The molecule has 1 aromatic heterocycles. The largest absolute Gasteiger partial charge is 0.495 e. The van der Waals surface area contributed by atoms with Crippen LogP contribution in [0.1, 0.15) is 13.3 Å². The Kier molecular flexibility index (Phi) is 7.10. The normalized spacial score (nSPS) is 12.7. The van der Waals surface area contributed by atoms with Crippen molar-refractivity contribution in [2.45, 2.75) is 19.9 Å². The van der Waals surface area contributed by atoms with Crippen molar-refractivity contribution in [2.24, 2.45) is 4.99 Å². The average molecular weight is 490 g/mol. The summed E-state index contributed by atoms with van der Waals surface area (Å²) in [6.07, 6.45) is 0.738. The van der Waals surface area contributed by atoms with Gasteiger partial charge < -0.3 is 28.8 Å². The summed E-state index contributed by atoms with van der Waals surface area (Å²) in [7, 11) is 3.13. The van der Waals surface area contributed by atoms with Gasteiger partial charge in [0, 0.05) is 43.1 Å². The standard InChI is InChI=1S/C23H24ClN3O5S/c1-14(28)25-7-4-8-27-18(15-5-6-19-22(9-15)32-13-31-19)12-33-23(27)26-17-11-20(29-2)16(24)10-21(17)30-3/h5-6,9-12H,4,7-8,13H2,1-3H3,(H,25,28). The molecule has 174 valence electrons. The second-order valence-corrected chi connectivity index (χ2v) is 8.47. The lowest BCUT2D eigenvalue weighted by molar-refractivity contribution is -0.118. The molecular formula is C23H24ClN3O5S. The Labute approximate surface area is 200 Å². The molecule has 33 heavy (non-hydrogen) atoms. The van der Waals surface area contributed by atoms with Gasteiger partial charge in [-0.2, -0.15) is 0 Å². The second-order valence-electron chi connectivity index (χ2n) is 7.23. The van der Waals surface area contributed by atoms with Crippen LogP contribution in [0.4, 0.5) is 5.69 Å². The third-order valence-electron chi connectivity index (χ3n) is 5.07. The Morgan fingerprint density at radius 2 is 1.97 bits per heavy atom. The summed E-state index contributed by atoms with van der Waals surface area (Å²) in [6, 6.07) is 9.30. The summed E-state index contributed by atoms with van der Waals surface area (Å²) in [5.41, 5.74) is 2.57. The van der Waals surface area contributed by atoms with E-state index in [4.69, 9.17) is 35.5 Å². The quantitative estimate of drug-likeness (QED) is 0.475. The monoisotopic (exact) mass is 489 g/mol. The number of nitrogens with one attached hydrogen (secondary N) is 1. The first-order valence-corrected chi connectivity index (χ1v) is 11.5. The van der Waals surface area contributed by atoms with Crippen molar-refractivity contribution in [3.8, 4) is 34.3 Å². The average Bonchev–Trinajstić information content (AvgIpc) is 3.43. The summed E-state index contributed by atoms with van der Waals surface area (Å²) < 4.78 is 24.0. The van der Waals surface area contributed by atoms with Crippen LogP contribution >= 0.6 is 22.9 Å². The first-order valence-electron chi connectivity index (χ1n) is 10.3. The highest BCUT2D eigenvalue weighted by Gasteiger charge is 2.17. The van der Waals surface area contributed by atoms with Crippen molar-refractivity contribution in [3.63, 3.8) is 0 Å². The van der Waals surface area contributed by atoms with Crippen molar-refractivity contribution in [1.29, 1.82) is 0 Å². The van der Waals surface area contributed by atoms with Gasteiger partial charge in [0.1, 0.15) is 17.2 Å². The van der Waals surface area contributed by atoms with E-state index < -0.39 is 0 Å². The van der Waals surface area contributed by atoms with E-state index in [1.54, 1.807) is 26.4 Å². The van der Waals surface area contributed by atoms with Crippen LogP contribution in [0.3, 0.4) is 0 Å². The molecule has 2 aromatic carbocycles. The third-order valence-corrected chi connectivity index (χ3v) is 6.23. The van der Waals surface area contributed by atoms with E-state index in [0.29, 0.717) is 41.0 Å². The molecule has 0 aliphatic carbocycles. The Balaban J connectivity index is 1.77. The van der Waals surface area contributed by atoms with E-state index in [1.165, 1.54) is 18.3 Å². The van der Waals surface area contributed by atoms with Gasteiger partial charge in [-0.05, 0) is 24.6 Å². The highest BCUT2D eigenvalue weighted by molar-refractivity contribution is 7.07. The van der Waals surface area contributed by atoms with Gasteiger partial charge >= 0.3 is 0 Å². The van der Waals surface area contributed by atoms with Crippen LogP contribution in [-0.2, 0) is 11.3 Å². The van der Waals surface area contributed by atoms with Crippen LogP contribution in [0.15, 0.2) is 40.7 Å². The lowest BCUT2D eigenvalue weighted by atomic mass is 10.1. The number of methoxy groups -OCH3 is 2. The maximum atomic E-state index is 11.3. The Morgan fingerprint density at radius 3 is 2.73 bits per heavy atom. The Bertz CT molecular complexity index is 1240. The van der Waals surface area contributed by atoms with Crippen molar-refractivity contribution in [2.75, 3.05) is 27.6 Å². The minimum Gasteiger partial charge on any atom is -0.495 e. The molecule has 0 saturated carbocycles. The van der Waals surface area contributed by atoms with Gasteiger partial charge in [-0.1, -0.05) is 11.6 Å². The molecule has 0 fully saturated rings. The Hall–Kier alpha value is -3.17. The second kappa shape index (κ2) is 10.2. The van der Waals surface area contributed by atoms with Gasteiger partial charge in [-0.15, -0.1) is 11.3 Å². The summed E-state index contributed by atoms with van der Waals surface area (Å²) in [5, 5.41) is 5.34. The van der Waals surface area contributed by atoms with Gasteiger partial charge in [0.15, 0.2) is 16.3 Å². The number of amides is 1. The van der Waals surface area contributed by atoms with Crippen LogP contribution in [0.5, 0.6) is 23.0 Å². The third kappa shape index (κ3) is 5.09. The van der Waals surface area contributed by atoms with Crippen LogP contribution in [0.2, 0.25) is 5.02 Å². The van der Waals surface area contributed by atoms with Gasteiger partial charge in [-0.3, -0.25) is 4.79 Å². The molecule has 0 radical (unpaired) electrons. The van der Waals surface area contributed by atoms with Crippen LogP contribution in [0, 0.1) is 0 Å². The number of benzene rings is 2. The molecule has 0 unspecified atom stereocenters. The zero-order chi connectivity index (χ0) is 23.4. The zero-order valence-corrected chi connectivity index (χ0v) is 20.1. The molecule has 1 N–H and O–H groups in total. The lowest BCUT2D eigenvalue weighted by Crippen LogP contribution is -2.24. The number of aromatic nitrogens is 1. The molecule has 2 heterocycles. The van der Waals surface area contributed by atoms with Crippen LogP contribution in [0.25, 0.3) is 11.3 Å². The summed E-state index contributed by atoms with van der Waals surface area (Å²) in [4.78, 5) is 16.9. The maximum Gasteiger partial charge on any atom is 0.231 e. The molecule has 1 aliphatic rings. The highest BCUT2D eigenvalue weighted by atomic mass is 35.5. The van der Waals surface area contributed by atoms with Crippen LogP contribution in [-0.4, -0.2) is 38.0 Å². The predicted molar refractivity (Wildman–Crippen MR) is 127 cm³/mol. The number of thiazole rings is 1. The van der Waals surface area contributed by atoms with E-state index in [2.05, 4.69) is 9.88 Å². The number of hydrogen-bond acceptors (Lipinski definition) is 7. The van der Waals surface area contributed by atoms with Crippen LogP contribution < -0.4 is 29.1 Å². The molecule has 4 rings (SSSR count). The predicted octanol–water partition coefficient (Wildman–Crippen LogP) is 4.37. The minimum absolute atomic E-state index is 0.0516. The van der Waals surface area contributed by atoms with E-state index in [1.807, 2.05) is 23.6 Å². The number of halogens is 1. The number of rotatable bonds is 8. The molecule has 1 aliphatic heterocycles. The molecule has 0 bridgehead atoms. The van der Waals surface area contributed by atoms with E-state index in [-0.39, 0.29) is 12.7 Å². The Morgan fingerprint density at radius 1 is 1.18 bits per heavy atom. The molecule has 0 atom stereocenters. The maximum absolute atomic E-state index is 11.3. The molecule has 0 saturated heterocycles. The number of ether oxygens (including phenoxy) is 4. The van der Waals surface area contributed by atoms with E-state index in [9.17, 15) is 4.79 Å². The fourth-order valence-electron chi connectivity index (χ4n) is 3.46. The van der Waals surface area contributed by atoms with E-state index >= 15 is 0 Å². The fraction of sp³-hybridized carbons (Fsp3) is 0.304. The number of nitrogens with zero attached hydrogens (tertiary/aromatic N) is 2. The molecule has 0 spiro atoms. The molecule has 3 aromatic rings. The van der Waals surface area contributed by atoms with Gasteiger partial charge in [0.2, 0.25) is 12.7 Å². The van der Waals surface area contributed by atoms with Gasteiger partial charge in [-0.25, -0.2) is 4.99 Å². The topological polar surface area (TPSA) is 83.3 Å². The first-order chi connectivity index (χ1) is 16.0. The van der Waals surface area contributed by atoms with Gasteiger partial charge in [0.25, 0.3) is 0 Å². The molecular weight excluding hydrogens is 466 g/mol. The van der Waals surface area contributed by atoms with E-state index in [0.717, 1.165) is 28.2 Å². The molecule has 1 amide bonds. The lowest BCUT2D eigenvalue weighted by Gasteiger charge is -2.11. The SMILES string of the molecule is COc1cc(N=c2scc(-c3ccc4c(c3)OCO4)n2CCCNC(C)=O)c(OC)cc1Cl. The summed E-state index contributed by atoms with van der Waals surface area (Å²) in [5.74, 6) is 2.45. The molecule has 8 nitrogen and oxygen atoms in total. The summed E-state index contributed by atoms with van der Waals surface area (Å²) >= 11 is 7.76.